The van der Waals surface area contributed by atoms with E-state index in [1.807, 2.05) is 18.2 Å². The molecular formula is C17H22N2O. The molecule has 0 aliphatic carbocycles. The van der Waals surface area contributed by atoms with Crippen molar-refractivity contribution < 1.29 is 4.74 Å². The number of methoxy groups -OCH3 is 1. The van der Waals surface area contributed by atoms with Gasteiger partial charge in [-0.25, -0.2) is 4.98 Å². The van der Waals surface area contributed by atoms with Crippen LogP contribution in [0.2, 0.25) is 0 Å². The Bertz CT molecular complexity index is 513. The lowest BCUT2D eigenvalue weighted by Crippen LogP contribution is -2.21. The zero-order valence-corrected chi connectivity index (χ0v) is 12.2. The van der Waals surface area contributed by atoms with E-state index in [0.717, 1.165) is 25.1 Å². The molecule has 0 spiro atoms. The van der Waals surface area contributed by atoms with Crippen LogP contribution in [0.15, 0.2) is 48.5 Å². The van der Waals surface area contributed by atoms with Gasteiger partial charge in [0.1, 0.15) is 0 Å². The van der Waals surface area contributed by atoms with Gasteiger partial charge in [-0.05, 0) is 18.1 Å². The fraction of sp³-hybridized carbons (Fsp3) is 0.353. The minimum Gasteiger partial charge on any atom is -0.481 e. The molecule has 2 rings (SSSR count). The maximum Gasteiger partial charge on any atom is 0.213 e. The highest BCUT2D eigenvalue weighted by Crippen LogP contribution is 2.18. The summed E-state index contributed by atoms with van der Waals surface area (Å²) in [4.78, 5) is 4.43. The fourth-order valence-corrected chi connectivity index (χ4v) is 2.26. The average molecular weight is 270 g/mol. The summed E-state index contributed by atoms with van der Waals surface area (Å²) in [5.41, 5.74) is 2.33. The monoisotopic (exact) mass is 270 g/mol. The first-order chi connectivity index (χ1) is 9.83. The quantitative estimate of drug-likeness (QED) is 0.832. The fourth-order valence-electron chi connectivity index (χ4n) is 2.26. The molecule has 1 atom stereocenters. The van der Waals surface area contributed by atoms with Crippen LogP contribution in [-0.2, 0) is 6.54 Å². The van der Waals surface area contributed by atoms with Gasteiger partial charge < -0.3 is 10.1 Å². The van der Waals surface area contributed by atoms with Gasteiger partial charge in [0.2, 0.25) is 5.88 Å². The van der Waals surface area contributed by atoms with Crippen LogP contribution in [0, 0.1) is 0 Å². The molecule has 0 aliphatic heterocycles. The van der Waals surface area contributed by atoms with Gasteiger partial charge in [-0.15, -0.1) is 0 Å². The summed E-state index contributed by atoms with van der Waals surface area (Å²) in [6, 6.07) is 16.8. The van der Waals surface area contributed by atoms with Crippen LogP contribution in [-0.4, -0.2) is 12.1 Å². The van der Waals surface area contributed by atoms with Crippen molar-refractivity contribution in [3.05, 3.63) is 59.8 Å². The van der Waals surface area contributed by atoms with E-state index in [4.69, 9.17) is 4.74 Å². The van der Waals surface area contributed by atoms with Crippen LogP contribution < -0.4 is 10.1 Å². The van der Waals surface area contributed by atoms with Gasteiger partial charge >= 0.3 is 0 Å². The molecule has 1 N–H and O–H groups in total. The molecule has 3 nitrogen and oxygen atoms in total. The van der Waals surface area contributed by atoms with E-state index in [2.05, 4.69) is 47.6 Å². The molecule has 0 saturated carbocycles. The van der Waals surface area contributed by atoms with E-state index in [-0.39, 0.29) is 0 Å². The number of nitrogens with one attached hydrogen (secondary N) is 1. The van der Waals surface area contributed by atoms with Crippen LogP contribution in [0.5, 0.6) is 5.88 Å². The van der Waals surface area contributed by atoms with Crippen LogP contribution in [0.3, 0.4) is 0 Å². The average Bonchev–Trinajstić information content (AvgIpc) is 2.52. The molecule has 0 aliphatic rings. The third kappa shape index (κ3) is 4.07. The molecule has 106 valence electrons. The van der Waals surface area contributed by atoms with Crippen molar-refractivity contribution in [3.8, 4) is 5.88 Å². The van der Waals surface area contributed by atoms with Crippen molar-refractivity contribution in [1.82, 2.24) is 10.3 Å². The zero-order chi connectivity index (χ0) is 14.2. The molecule has 0 amide bonds. The highest BCUT2D eigenvalue weighted by Gasteiger charge is 2.09. The minimum absolute atomic E-state index is 0.370. The second-order valence-corrected chi connectivity index (χ2v) is 4.80. The minimum atomic E-state index is 0.370. The number of aromatic nitrogens is 1. The highest BCUT2D eigenvalue weighted by molar-refractivity contribution is 5.20. The topological polar surface area (TPSA) is 34.1 Å². The van der Waals surface area contributed by atoms with Crippen LogP contribution in [0.4, 0.5) is 0 Å². The van der Waals surface area contributed by atoms with Crippen molar-refractivity contribution in [2.45, 2.75) is 32.4 Å². The first-order valence-corrected chi connectivity index (χ1v) is 7.11. The van der Waals surface area contributed by atoms with E-state index in [9.17, 15) is 0 Å². The molecule has 1 aromatic heterocycles. The largest absolute Gasteiger partial charge is 0.481 e. The lowest BCUT2D eigenvalue weighted by molar-refractivity contribution is 0.394. The first-order valence-electron chi connectivity index (χ1n) is 7.11. The third-order valence-electron chi connectivity index (χ3n) is 3.30. The lowest BCUT2D eigenvalue weighted by Gasteiger charge is -2.18. The molecule has 1 heterocycles. The van der Waals surface area contributed by atoms with E-state index in [1.54, 1.807) is 7.11 Å². The standard InChI is InChI=1S/C17H22N2O/c1-3-8-16(14-9-5-4-6-10-14)18-13-15-11-7-12-17(19-15)20-2/h4-7,9-12,16,18H,3,8,13H2,1-2H3. The Balaban J connectivity index is 2.02. The Morgan fingerprint density at radius 1 is 1.10 bits per heavy atom. The van der Waals surface area contributed by atoms with Crippen LogP contribution in [0.25, 0.3) is 0 Å². The molecule has 2 aromatic rings. The predicted molar refractivity (Wildman–Crippen MR) is 81.7 cm³/mol. The Kier molecular flexibility index (Phi) is 5.56. The highest BCUT2D eigenvalue weighted by atomic mass is 16.5. The molecule has 1 aromatic carbocycles. The van der Waals surface area contributed by atoms with Gasteiger partial charge in [0.05, 0.1) is 12.8 Å². The second kappa shape index (κ2) is 7.65. The maximum absolute atomic E-state index is 5.15. The van der Waals surface area contributed by atoms with E-state index < -0.39 is 0 Å². The predicted octanol–water partition coefficient (Wildman–Crippen LogP) is 3.72. The van der Waals surface area contributed by atoms with Gasteiger partial charge in [-0.3, -0.25) is 0 Å². The Morgan fingerprint density at radius 3 is 2.60 bits per heavy atom. The van der Waals surface area contributed by atoms with Gasteiger partial charge in [0.25, 0.3) is 0 Å². The van der Waals surface area contributed by atoms with E-state index >= 15 is 0 Å². The number of nitrogens with zero attached hydrogens (tertiary/aromatic N) is 1. The first kappa shape index (κ1) is 14.5. The summed E-state index contributed by atoms with van der Waals surface area (Å²) < 4.78 is 5.15. The lowest BCUT2D eigenvalue weighted by atomic mass is 10.0. The molecule has 20 heavy (non-hydrogen) atoms. The summed E-state index contributed by atoms with van der Waals surface area (Å²) in [5.74, 6) is 0.663. The SMILES string of the molecule is CCCC(NCc1cccc(OC)n1)c1ccccc1. The number of rotatable bonds is 7. The van der Waals surface area contributed by atoms with E-state index in [0.29, 0.717) is 11.9 Å². The van der Waals surface area contributed by atoms with Crippen molar-refractivity contribution >= 4 is 0 Å². The zero-order valence-electron chi connectivity index (χ0n) is 12.2. The van der Waals surface area contributed by atoms with Crippen molar-refractivity contribution in [2.24, 2.45) is 0 Å². The second-order valence-electron chi connectivity index (χ2n) is 4.80. The summed E-state index contributed by atoms with van der Waals surface area (Å²) >= 11 is 0. The van der Waals surface area contributed by atoms with Crippen molar-refractivity contribution in [2.75, 3.05) is 7.11 Å². The number of hydrogen-bond donors (Lipinski definition) is 1. The molecule has 0 saturated heterocycles. The number of hydrogen-bond acceptors (Lipinski definition) is 3. The number of ether oxygens (including phenoxy) is 1. The Hall–Kier alpha value is -1.87. The van der Waals surface area contributed by atoms with Crippen molar-refractivity contribution in [3.63, 3.8) is 0 Å². The number of pyridine rings is 1. The van der Waals surface area contributed by atoms with Crippen LogP contribution >= 0.6 is 0 Å². The molecule has 1 unspecified atom stereocenters. The van der Waals surface area contributed by atoms with Gasteiger partial charge in [-0.2, -0.15) is 0 Å². The molecular weight excluding hydrogens is 248 g/mol. The van der Waals surface area contributed by atoms with Crippen molar-refractivity contribution in [1.29, 1.82) is 0 Å². The number of benzene rings is 1. The summed E-state index contributed by atoms with van der Waals surface area (Å²) in [6.07, 6.45) is 2.27. The molecule has 0 fully saturated rings. The Labute approximate surface area is 121 Å². The Morgan fingerprint density at radius 2 is 1.90 bits per heavy atom. The van der Waals surface area contributed by atoms with Gasteiger partial charge in [-0.1, -0.05) is 49.7 Å². The summed E-state index contributed by atoms with van der Waals surface area (Å²) in [7, 11) is 1.64. The van der Waals surface area contributed by atoms with E-state index in [1.165, 1.54) is 5.56 Å². The molecule has 3 heteroatoms. The van der Waals surface area contributed by atoms with Gasteiger partial charge in [0.15, 0.2) is 0 Å². The third-order valence-corrected chi connectivity index (χ3v) is 3.30. The normalized spacial score (nSPS) is 12.1. The van der Waals surface area contributed by atoms with Crippen LogP contribution in [0.1, 0.15) is 37.1 Å². The molecule has 0 bridgehead atoms. The van der Waals surface area contributed by atoms with Gasteiger partial charge in [0, 0.05) is 18.7 Å². The summed E-state index contributed by atoms with van der Waals surface area (Å²) in [6.45, 7) is 2.96. The summed E-state index contributed by atoms with van der Waals surface area (Å²) in [5, 5.41) is 3.59. The molecule has 0 radical (unpaired) electrons. The maximum atomic E-state index is 5.15. The smallest absolute Gasteiger partial charge is 0.213 e.